The SMILES string of the molecule is Clc1cc(C2CCCCC2)on1. The molecule has 1 saturated carbocycles. The Kier molecular flexibility index (Phi) is 2.35. The number of aromatic nitrogens is 1. The second-order valence-electron chi connectivity index (χ2n) is 3.39. The lowest BCUT2D eigenvalue weighted by Gasteiger charge is -2.18. The van der Waals surface area contributed by atoms with Gasteiger partial charge in [-0.25, -0.2) is 0 Å². The van der Waals surface area contributed by atoms with Gasteiger partial charge in [-0.3, -0.25) is 0 Å². The van der Waals surface area contributed by atoms with Gasteiger partial charge >= 0.3 is 0 Å². The Balaban J connectivity index is 2.08. The van der Waals surface area contributed by atoms with Gasteiger partial charge in [-0.2, -0.15) is 0 Å². The Morgan fingerprint density at radius 3 is 2.67 bits per heavy atom. The summed E-state index contributed by atoms with van der Waals surface area (Å²) in [4.78, 5) is 0. The van der Waals surface area contributed by atoms with Crippen molar-refractivity contribution in [3.05, 3.63) is 17.0 Å². The quantitative estimate of drug-likeness (QED) is 0.671. The monoisotopic (exact) mass is 185 g/mol. The minimum atomic E-state index is 0.482. The summed E-state index contributed by atoms with van der Waals surface area (Å²) in [6, 6.07) is 1.84. The summed E-state index contributed by atoms with van der Waals surface area (Å²) < 4.78 is 5.12. The van der Waals surface area contributed by atoms with Crippen molar-refractivity contribution in [2.24, 2.45) is 0 Å². The zero-order valence-corrected chi connectivity index (χ0v) is 7.68. The Hall–Kier alpha value is -0.500. The van der Waals surface area contributed by atoms with Gasteiger partial charge in [-0.15, -0.1) is 0 Å². The average Bonchev–Trinajstić information content (AvgIpc) is 2.54. The molecule has 1 fully saturated rings. The van der Waals surface area contributed by atoms with Gasteiger partial charge in [-0.05, 0) is 12.8 Å². The van der Waals surface area contributed by atoms with Crippen molar-refractivity contribution in [1.29, 1.82) is 0 Å². The highest BCUT2D eigenvalue weighted by Gasteiger charge is 2.19. The normalized spacial score (nSPS) is 19.8. The van der Waals surface area contributed by atoms with Crippen LogP contribution in [0.25, 0.3) is 0 Å². The zero-order valence-electron chi connectivity index (χ0n) is 6.92. The maximum Gasteiger partial charge on any atom is 0.172 e. The lowest BCUT2D eigenvalue weighted by molar-refractivity contribution is 0.321. The Morgan fingerprint density at radius 1 is 1.33 bits per heavy atom. The van der Waals surface area contributed by atoms with Crippen LogP contribution in [0.3, 0.4) is 0 Å². The molecule has 0 aliphatic heterocycles. The van der Waals surface area contributed by atoms with Crippen LogP contribution in [0.2, 0.25) is 5.15 Å². The van der Waals surface area contributed by atoms with Crippen LogP contribution < -0.4 is 0 Å². The summed E-state index contributed by atoms with van der Waals surface area (Å²) in [5.74, 6) is 1.54. The molecule has 0 unspecified atom stereocenters. The lowest BCUT2D eigenvalue weighted by atomic mass is 9.88. The van der Waals surface area contributed by atoms with Crippen LogP contribution in [-0.4, -0.2) is 5.16 Å². The van der Waals surface area contributed by atoms with Crippen molar-refractivity contribution < 1.29 is 4.52 Å². The molecule has 1 aromatic heterocycles. The molecular formula is C9H12ClNO. The molecule has 1 aliphatic rings. The number of hydrogen-bond acceptors (Lipinski definition) is 2. The summed E-state index contributed by atoms with van der Waals surface area (Å²) in [7, 11) is 0. The van der Waals surface area contributed by atoms with Crippen LogP contribution >= 0.6 is 11.6 Å². The van der Waals surface area contributed by atoms with Crippen molar-refractivity contribution in [2.45, 2.75) is 38.0 Å². The van der Waals surface area contributed by atoms with Crippen molar-refractivity contribution in [3.63, 3.8) is 0 Å². The highest BCUT2D eigenvalue weighted by atomic mass is 35.5. The predicted octanol–water partition coefficient (Wildman–Crippen LogP) is 3.38. The number of nitrogens with zero attached hydrogens (tertiary/aromatic N) is 1. The first-order valence-corrected chi connectivity index (χ1v) is 4.86. The van der Waals surface area contributed by atoms with E-state index in [-0.39, 0.29) is 0 Å². The molecule has 66 valence electrons. The van der Waals surface area contributed by atoms with E-state index in [1.165, 1.54) is 32.1 Å². The molecule has 2 nitrogen and oxygen atoms in total. The molecular weight excluding hydrogens is 174 g/mol. The molecule has 1 aromatic rings. The second-order valence-corrected chi connectivity index (χ2v) is 3.77. The van der Waals surface area contributed by atoms with E-state index in [1.54, 1.807) is 0 Å². The smallest absolute Gasteiger partial charge is 0.172 e. The van der Waals surface area contributed by atoms with E-state index < -0.39 is 0 Å². The first-order valence-electron chi connectivity index (χ1n) is 4.48. The second kappa shape index (κ2) is 3.48. The van der Waals surface area contributed by atoms with E-state index in [0.717, 1.165) is 5.76 Å². The summed E-state index contributed by atoms with van der Waals surface area (Å²) >= 11 is 5.67. The van der Waals surface area contributed by atoms with Crippen LogP contribution in [0.1, 0.15) is 43.8 Å². The van der Waals surface area contributed by atoms with E-state index >= 15 is 0 Å². The predicted molar refractivity (Wildman–Crippen MR) is 47.3 cm³/mol. The first kappa shape index (κ1) is 8.11. The molecule has 0 N–H and O–H groups in total. The first-order chi connectivity index (χ1) is 5.86. The summed E-state index contributed by atoms with van der Waals surface area (Å²) in [6.07, 6.45) is 6.43. The molecule has 0 saturated heterocycles. The molecule has 0 radical (unpaired) electrons. The topological polar surface area (TPSA) is 26.0 Å². The number of hydrogen-bond donors (Lipinski definition) is 0. The van der Waals surface area contributed by atoms with Crippen LogP contribution in [0.5, 0.6) is 0 Å². The van der Waals surface area contributed by atoms with Gasteiger partial charge in [0.1, 0.15) is 5.76 Å². The highest BCUT2D eigenvalue weighted by molar-refractivity contribution is 6.29. The lowest BCUT2D eigenvalue weighted by Crippen LogP contribution is -2.02. The van der Waals surface area contributed by atoms with Gasteiger partial charge < -0.3 is 4.52 Å². The Bertz CT molecular complexity index is 253. The molecule has 1 aliphatic carbocycles. The van der Waals surface area contributed by atoms with Crippen molar-refractivity contribution in [2.75, 3.05) is 0 Å². The minimum absolute atomic E-state index is 0.482. The molecule has 1 heterocycles. The van der Waals surface area contributed by atoms with Gasteiger partial charge in [0.25, 0.3) is 0 Å². The van der Waals surface area contributed by atoms with Gasteiger partial charge in [0.05, 0.1) is 0 Å². The maximum absolute atomic E-state index is 5.67. The van der Waals surface area contributed by atoms with E-state index in [2.05, 4.69) is 5.16 Å². The maximum atomic E-state index is 5.67. The molecule has 0 atom stereocenters. The van der Waals surface area contributed by atoms with Gasteiger partial charge in [0, 0.05) is 12.0 Å². The fourth-order valence-electron chi connectivity index (χ4n) is 1.85. The number of halogens is 1. The molecule has 0 aromatic carbocycles. The Labute approximate surface area is 76.9 Å². The minimum Gasteiger partial charge on any atom is -0.360 e. The molecule has 3 heteroatoms. The molecule has 12 heavy (non-hydrogen) atoms. The molecule has 0 spiro atoms. The number of rotatable bonds is 1. The third-order valence-electron chi connectivity index (χ3n) is 2.51. The van der Waals surface area contributed by atoms with Crippen molar-refractivity contribution >= 4 is 11.6 Å². The summed E-state index contributed by atoms with van der Waals surface area (Å²) in [6.45, 7) is 0. The molecule has 0 bridgehead atoms. The molecule has 2 rings (SSSR count). The fourth-order valence-corrected chi connectivity index (χ4v) is 1.99. The summed E-state index contributed by atoms with van der Waals surface area (Å²) in [5.41, 5.74) is 0. The Morgan fingerprint density at radius 2 is 2.08 bits per heavy atom. The zero-order chi connectivity index (χ0) is 8.39. The van der Waals surface area contributed by atoms with Crippen LogP contribution in [-0.2, 0) is 0 Å². The van der Waals surface area contributed by atoms with Gasteiger partial charge in [-0.1, -0.05) is 36.0 Å². The highest BCUT2D eigenvalue weighted by Crippen LogP contribution is 2.33. The van der Waals surface area contributed by atoms with Crippen molar-refractivity contribution in [3.8, 4) is 0 Å². The van der Waals surface area contributed by atoms with Gasteiger partial charge in [0.2, 0.25) is 0 Å². The standard InChI is InChI=1S/C9H12ClNO/c10-9-6-8(12-11-9)7-4-2-1-3-5-7/h6-7H,1-5H2. The third kappa shape index (κ3) is 1.63. The van der Waals surface area contributed by atoms with Crippen LogP contribution in [0.15, 0.2) is 10.6 Å². The van der Waals surface area contributed by atoms with Crippen LogP contribution in [0, 0.1) is 0 Å². The van der Waals surface area contributed by atoms with Crippen molar-refractivity contribution in [1.82, 2.24) is 5.16 Å². The fraction of sp³-hybridized carbons (Fsp3) is 0.667. The third-order valence-corrected chi connectivity index (χ3v) is 2.69. The van der Waals surface area contributed by atoms with E-state index in [1.807, 2.05) is 6.07 Å². The molecule has 0 amide bonds. The van der Waals surface area contributed by atoms with E-state index in [0.29, 0.717) is 11.1 Å². The van der Waals surface area contributed by atoms with E-state index in [4.69, 9.17) is 16.1 Å². The largest absolute Gasteiger partial charge is 0.360 e. The summed E-state index contributed by atoms with van der Waals surface area (Å²) in [5, 5.41) is 4.16. The van der Waals surface area contributed by atoms with Gasteiger partial charge in [0.15, 0.2) is 5.15 Å². The van der Waals surface area contributed by atoms with Crippen LogP contribution in [0.4, 0.5) is 0 Å². The van der Waals surface area contributed by atoms with E-state index in [9.17, 15) is 0 Å². The average molecular weight is 186 g/mol.